The summed E-state index contributed by atoms with van der Waals surface area (Å²) in [5.74, 6) is 0.753. The number of carbonyl (C=O) groups excluding carboxylic acids is 2. The first kappa shape index (κ1) is 81.1. The quantitative estimate of drug-likeness (QED) is 0.0506. The first-order chi connectivity index (χ1) is 41.7. The maximum Gasteiger partial charge on any atom is 0.312 e. The number of benzene rings is 2. The lowest BCUT2D eigenvalue weighted by molar-refractivity contribution is -0.158. The van der Waals surface area contributed by atoms with Crippen LogP contribution in [-0.4, -0.2) is 35.4 Å². The Kier molecular flexibility index (Phi) is 40.3. The zero-order valence-corrected chi connectivity index (χ0v) is 61.4. The lowest BCUT2D eigenvalue weighted by Gasteiger charge is -2.34. The van der Waals surface area contributed by atoms with Crippen LogP contribution in [0.15, 0.2) is 24.3 Å². The van der Waals surface area contributed by atoms with Gasteiger partial charge in [-0.25, -0.2) is 0 Å². The average molecular weight is 1230 g/mol. The Morgan fingerprint density at radius 1 is 0.295 bits per heavy atom. The summed E-state index contributed by atoms with van der Waals surface area (Å²) in [6, 6.07) is 8.87. The highest BCUT2D eigenvalue weighted by molar-refractivity contribution is 5.78. The molecular formula is C82H146O6. The summed E-state index contributed by atoms with van der Waals surface area (Å²) in [7, 11) is 0. The number of ether oxygens (including phenoxy) is 2. The minimum atomic E-state index is -0.651. The van der Waals surface area contributed by atoms with Crippen LogP contribution in [0.5, 0.6) is 11.5 Å². The van der Waals surface area contributed by atoms with E-state index in [4.69, 9.17) is 9.47 Å². The molecular weight excluding hydrogens is 1080 g/mol. The number of aromatic hydroxyl groups is 2. The molecule has 0 aliphatic rings. The van der Waals surface area contributed by atoms with Crippen molar-refractivity contribution in [2.75, 3.05) is 13.2 Å². The number of hydrogen-bond donors (Lipinski definition) is 2. The summed E-state index contributed by atoms with van der Waals surface area (Å²) in [5.41, 5.74) is 3.71. The van der Waals surface area contributed by atoms with Crippen LogP contribution in [0.2, 0.25) is 0 Å². The van der Waals surface area contributed by atoms with Gasteiger partial charge in [-0.2, -0.15) is 0 Å². The summed E-state index contributed by atoms with van der Waals surface area (Å²) in [4.78, 5) is 30.4. The lowest BCUT2D eigenvalue weighted by atomic mass is 9.71. The van der Waals surface area contributed by atoms with E-state index in [-0.39, 0.29) is 33.6 Å². The molecule has 2 aromatic rings. The molecule has 0 spiro atoms. The predicted octanol–water partition coefficient (Wildman–Crippen LogP) is 25.6. The topological polar surface area (TPSA) is 93.1 Å². The van der Waals surface area contributed by atoms with Gasteiger partial charge >= 0.3 is 11.9 Å². The van der Waals surface area contributed by atoms with E-state index in [1.54, 1.807) is 0 Å². The molecule has 0 radical (unpaired) electrons. The van der Waals surface area contributed by atoms with Gasteiger partial charge in [0.15, 0.2) is 0 Å². The highest BCUT2D eigenvalue weighted by Gasteiger charge is 2.42. The van der Waals surface area contributed by atoms with Gasteiger partial charge in [-0.3, -0.25) is 9.59 Å². The van der Waals surface area contributed by atoms with Crippen molar-refractivity contribution >= 4 is 11.9 Å². The van der Waals surface area contributed by atoms with E-state index in [1.807, 2.05) is 0 Å². The summed E-state index contributed by atoms with van der Waals surface area (Å²) < 4.78 is 13.0. The fourth-order valence-electron chi connectivity index (χ4n) is 13.8. The van der Waals surface area contributed by atoms with Crippen molar-refractivity contribution in [3.05, 3.63) is 57.6 Å². The molecule has 0 heterocycles. The van der Waals surface area contributed by atoms with E-state index in [9.17, 15) is 10.2 Å². The van der Waals surface area contributed by atoms with E-state index in [0.29, 0.717) is 37.6 Å². The van der Waals surface area contributed by atoms with E-state index >= 15 is 9.59 Å². The van der Waals surface area contributed by atoms with Gasteiger partial charge in [-0.05, 0) is 106 Å². The second-order valence-corrected chi connectivity index (χ2v) is 32.3. The minimum Gasteiger partial charge on any atom is -0.507 e. The highest BCUT2D eigenvalue weighted by atomic mass is 16.5. The molecule has 0 bridgehead atoms. The number of phenolic OH excluding ortho intramolecular Hbond substituents is 2. The van der Waals surface area contributed by atoms with E-state index < -0.39 is 10.8 Å². The standard InChI is InChI=1S/C82H146O6/c1-17-21-25-29-33-37-43-49-55-81(75(85)87-59-53-47-41-35-31-27-23-19-3,65-67-61-69(77(5,6)7)73(83)70(62-67)78(8,9)10)57-51-45-39-40-46-52-58-82(56-50-44-38-34-30-26-22-18-2,76(86)88-60-54-48-42-36-32-28-24-20-4)66-68-63-71(79(11,12)13)74(84)72(64-68)80(14,15)16/h61-64,83-84H,17-60,65-66H2,1-16H3. The van der Waals surface area contributed by atoms with Gasteiger partial charge < -0.3 is 19.7 Å². The Hall–Kier alpha value is -3.02. The third kappa shape index (κ3) is 32.0. The second-order valence-electron chi connectivity index (χ2n) is 32.3. The fraction of sp³-hybridized carbons (Fsp3) is 0.829. The van der Waals surface area contributed by atoms with Crippen molar-refractivity contribution in [1.29, 1.82) is 0 Å². The number of phenols is 2. The molecule has 2 rings (SSSR count). The van der Waals surface area contributed by atoms with Gasteiger partial charge in [0.25, 0.3) is 0 Å². The normalized spacial score (nSPS) is 13.9. The Bertz CT molecular complexity index is 1920. The fourth-order valence-corrected chi connectivity index (χ4v) is 13.8. The minimum absolute atomic E-state index is 0.0129. The summed E-state index contributed by atoms with van der Waals surface area (Å²) in [6.45, 7) is 36.3. The van der Waals surface area contributed by atoms with E-state index in [2.05, 4.69) is 135 Å². The van der Waals surface area contributed by atoms with Crippen LogP contribution in [0, 0.1) is 10.8 Å². The molecule has 2 atom stereocenters. The molecule has 510 valence electrons. The van der Waals surface area contributed by atoms with Gasteiger partial charge in [0.2, 0.25) is 0 Å². The van der Waals surface area contributed by atoms with Crippen molar-refractivity contribution in [2.24, 2.45) is 10.8 Å². The molecule has 0 saturated heterocycles. The Labute approximate surface area is 546 Å². The molecule has 0 fully saturated rings. The molecule has 0 aromatic heterocycles. The van der Waals surface area contributed by atoms with Crippen LogP contribution in [-0.2, 0) is 53.6 Å². The van der Waals surface area contributed by atoms with Crippen molar-refractivity contribution in [1.82, 2.24) is 0 Å². The Morgan fingerprint density at radius 3 is 0.670 bits per heavy atom. The SMILES string of the molecule is CCCCCCCCCCOC(=O)C(CCCCCCCCCC)(CCCCCCCCC(CCCCCCCCCC)(Cc1cc(C(C)(C)C)c(O)c(C(C)(C)C)c1)C(=O)OCCCCCCCCCC)Cc1cc(C(C)(C)C)c(O)c(C(C)(C)C)c1. The Morgan fingerprint density at radius 2 is 0.477 bits per heavy atom. The summed E-state index contributed by atoms with van der Waals surface area (Å²) in [5, 5.41) is 23.7. The third-order valence-electron chi connectivity index (χ3n) is 19.6. The van der Waals surface area contributed by atoms with Crippen LogP contribution < -0.4 is 0 Å². The molecule has 0 aliphatic heterocycles. The van der Waals surface area contributed by atoms with Gasteiger partial charge in [-0.1, -0.05) is 366 Å². The number of carbonyl (C=O) groups is 2. The largest absolute Gasteiger partial charge is 0.507 e. The molecule has 2 unspecified atom stereocenters. The van der Waals surface area contributed by atoms with Gasteiger partial charge in [0, 0.05) is 0 Å². The molecule has 0 amide bonds. The van der Waals surface area contributed by atoms with Crippen molar-refractivity contribution in [3.63, 3.8) is 0 Å². The molecule has 0 aliphatic carbocycles. The van der Waals surface area contributed by atoms with Crippen LogP contribution >= 0.6 is 0 Å². The molecule has 6 heteroatoms. The van der Waals surface area contributed by atoms with E-state index in [0.717, 1.165) is 149 Å². The number of unbranched alkanes of at least 4 members (excludes halogenated alkanes) is 33. The maximum absolute atomic E-state index is 15.2. The molecule has 2 aromatic carbocycles. The zero-order chi connectivity index (χ0) is 65.5. The lowest BCUT2D eigenvalue weighted by Crippen LogP contribution is -2.36. The predicted molar refractivity (Wildman–Crippen MR) is 382 cm³/mol. The zero-order valence-electron chi connectivity index (χ0n) is 61.4. The third-order valence-corrected chi connectivity index (χ3v) is 19.6. The van der Waals surface area contributed by atoms with Crippen molar-refractivity contribution in [2.45, 2.75) is 415 Å². The monoisotopic (exact) mass is 1230 g/mol. The smallest absolute Gasteiger partial charge is 0.312 e. The van der Waals surface area contributed by atoms with Gasteiger partial charge in [-0.15, -0.1) is 0 Å². The number of rotatable bonds is 51. The number of hydrogen-bond acceptors (Lipinski definition) is 6. The molecule has 2 N–H and O–H groups in total. The van der Waals surface area contributed by atoms with Crippen molar-refractivity contribution in [3.8, 4) is 11.5 Å². The first-order valence-electron chi connectivity index (χ1n) is 37.8. The highest BCUT2D eigenvalue weighted by Crippen LogP contribution is 2.46. The van der Waals surface area contributed by atoms with Crippen LogP contribution in [0.1, 0.15) is 414 Å². The van der Waals surface area contributed by atoms with Crippen LogP contribution in [0.3, 0.4) is 0 Å². The first-order valence-corrected chi connectivity index (χ1v) is 37.8. The van der Waals surface area contributed by atoms with Gasteiger partial charge in [0.1, 0.15) is 11.5 Å². The second kappa shape index (κ2) is 43.7. The molecule has 88 heavy (non-hydrogen) atoms. The summed E-state index contributed by atoms with van der Waals surface area (Å²) in [6.07, 6.45) is 49.4. The van der Waals surface area contributed by atoms with E-state index in [1.165, 1.54) is 154 Å². The Balaban J connectivity index is 2.54. The van der Waals surface area contributed by atoms with Crippen molar-refractivity contribution < 1.29 is 29.3 Å². The van der Waals surface area contributed by atoms with Crippen LogP contribution in [0.25, 0.3) is 0 Å². The number of esters is 2. The molecule has 0 saturated carbocycles. The average Bonchev–Trinajstić information content (AvgIpc) is 1.01. The van der Waals surface area contributed by atoms with Crippen LogP contribution in [0.4, 0.5) is 0 Å². The molecule has 6 nitrogen and oxygen atoms in total. The summed E-state index contributed by atoms with van der Waals surface area (Å²) >= 11 is 0. The van der Waals surface area contributed by atoms with Gasteiger partial charge in [0.05, 0.1) is 24.0 Å². The maximum atomic E-state index is 15.2.